The molecule has 104 valence electrons. The van der Waals surface area contributed by atoms with Gasteiger partial charge in [0.2, 0.25) is 5.91 Å². The van der Waals surface area contributed by atoms with Gasteiger partial charge >= 0.3 is 0 Å². The molecule has 0 radical (unpaired) electrons. The van der Waals surface area contributed by atoms with Gasteiger partial charge in [-0.15, -0.1) is 0 Å². The largest absolute Gasteiger partial charge is 0.398 e. The number of hydrogen-bond donors (Lipinski definition) is 2. The summed E-state index contributed by atoms with van der Waals surface area (Å²) in [6, 6.07) is 5.97. The van der Waals surface area contributed by atoms with Crippen molar-refractivity contribution >= 4 is 27.5 Å². The van der Waals surface area contributed by atoms with E-state index in [1.54, 1.807) is 0 Å². The molecule has 1 aromatic carbocycles. The highest BCUT2D eigenvalue weighted by atomic mass is 79.9. The lowest BCUT2D eigenvalue weighted by atomic mass is 9.93. The number of amides is 1. The molecule has 1 heterocycles. The normalized spacial score (nSPS) is 17.5. The average Bonchev–Trinajstić information content (AvgIpc) is 2.37. The fourth-order valence-electron chi connectivity index (χ4n) is 2.60. The van der Waals surface area contributed by atoms with Gasteiger partial charge in [-0.2, -0.15) is 0 Å². The topological polar surface area (TPSA) is 72.4 Å². The van der Waals surface area contributed by atoms with Crippen molar-refractivity contribution < 1.29 is 4.79 Å². The molecule has 1 aliphatic rings. The predicted molar refractivity (Wildman–Crippen MR) is 80.4 cm³/mol. The number of anilines is 1. The second-order valence-electron chi connectivity index (χ2n) is 5.21. The second-order valence-corrected chi connectivity index (χ2v) is 6.00. The van der Waals surface area contributed by atoms with E-state index in [4.69, 9.17) is 11.5 Å². The number of rotatable bonds is 4. The van der Waals surface area contributed by atoms with Crippen LogP contribution in [-0.2, 0) is 11.3 Å². The monoisotopic (exact) mass is 325 g/mol. The number of piperidine rings is 1. The SMILES string of the molecule is NC(=O)CC1CCN(Cc2cccc(N)c2Br)CC1. The molecule has 0 spiro atoms. The molecule has 19 heavy (non-hydrogen) atoms. The second kappa shape index (κ2) is 6.39. The molecule has 4 N–H and O–H groups in total. The molecule has 1 fully saturated rings. The van der Waals surface area contributed by atoms with E-state index in [1.165, 1.54) is 5.56 Å². The van der Waals surface area contributed by atoms with E-state index in [9.17, 15) is 4.79 Å². The van der Waals surface area contributed by atoms with Crippen molar-refractivity contribution in [2.45, 2.75) is 25.8 Å². The Morgan fingerprint density at radius 2 is 2.05 bits per heavy atom. The highest BCUT2D eigenvalue weighted by Gasteiger charge is 2.21. The maximum Gasteiger partial charge on any atom is 0.217 e. The molecule has 1 amide bonds. The van der Waals surface area contributed by atoms with Crippen LogP contribution in [0.4, 0.5) is 5.69 Å². The van der Waals surface area contributed by atoms with E-state index >= 15 is 0 Å². The van der Waals surface area contributed by atoms with Crippen LogP contribution >= 0.6 is 15.9 Å². The Balaban J connectivity index is 1.89. The first kappa shape index (κ1) is 14.3. The third kappa shape index (κ3) is 3.94. The minimum atomic E-state index is -0.183. The Bertz CT molecular complexity index is 456. The Hall–Kier alpha value is -1.07. The van der Waals surface area contributed by atoms with Crippen LogP contribution in [0.25, 0.3) is 0 Å². The quantitative estimate of drug-likeness (QED) is 0.833. The first-order chi connectivity index (χ1) is 9.06. The summed E-state index contributed by atoms with van der Waals surface area (Å²) in [5.74, 6) is 0.273. The molecule has 0 atom stereocenters. The van der Waals surface area contributed by atoms with Crippen molar-refractivity contribution in [2.75, 3.05) is 18.8 Å². The first-order valence-electron chi connectivity index (χ1n) is 6.60. The fourth-order valence-corrected chi connectivity index (χ4v) is 2.99. The van der Waals surface area contributed by atoms with Crippen LogP contribution in [0.1, 0.15) is 24.8 Å². The summed E-state index contributed by atoms with van der Waals surface area (Å²) in [6.07, 6.45) is 2.61. The van der Waals surface area contributed by atoms with Crippen LogP contribution in [0.5, 0.6) is 0 Å². The van der Waals surface area contributed by atoms with E-state index in [2.05, 4.69) is 26.9 Å². The zero-order chi connectivity index (χ0) is 13.8. The van der Waals surface area contributed by atoms with E-state index in [-0.39, 0.29) is 5.91 Å². The molecule has 2 rings (SSSR count). The number of hydrogen-bond acceptors (Lipinski definition) is 3. The van der Waals surface area contributed by atoms with Gasteiger partial charge in [-0.1, -0.05) is 12.1 Å². The van der Waals surface area contributed by atoms with Crippen LogP contribution in [-0.4, -0.2) is 23.9 Å². The number of carbonyl (C=O) groups is 1. The first-order valence-corrected chi connectivity index (χ1v) is 7.39. The molecule has 1 saturated heterocycles. The number of nitrogens with zero attached hydrogens (tertiary/aromatic N) is 1. The van der Waals surface area contributed by atoms with Crippen molar-refractivity contribution in [3.63, 3.8) is 0 Å². The van der Waals surface area contributed by atoms with Crippen molar-refractivity contribution in [3.05, 3.63) is 28.2 Å². The summed E-state index contributed by atoms with van der Waals surface area (Å²) in [6.45, 7) is 2.92. The van der Waals surface area contributed by atoms with Gasteiger partial charge < -0.3 is 11.5 Å². The number of likely N-dealkylation sites (tertiary alicyclic amines) is 1. The van der Waals surface area contributed by atoms with E-state index < -0.39 is 0 Å². The standard InChI is InChI=1S/C14H20BrN3O/c15-14-11(2-1-3-12(14)16)9-18-6-4-10(5-7-18)8-13(17)19/h1-3,10H,4-9,16H2,(H2,17,19). The van der Waals surface area contributed by atoms with Gasteiger partial charge in [0.15, 0.2) is 0 Å². The number of halogens is 1. The molecular weight excluding hydrogens is 306 g/mol. The fraction of sp³-hybridized carbons (Fsp3) is 0.500. The molecule has 0 bridgehead atoms. The molecule has 5 heteroatoms. The summed E-state index contributed by atoms with van der Waals surface area (Å²) in [5.41, 5.74) is 13.1. The zero-order valence-corrected chi connectivity index (χ0v) is 12.5. The molecular formula is C14H20BrN3O. The van der Waals surface area contributed by atoms with Crippen molar-refractivity contribution in [1.82, 2.24) is 4.90 Å². The van der Waals surface area contributed by atoms with Gasteiger partial charge in [-0.3, -0.25) is 9.69 Å². The lowest BCUT2D eigenvalue weighted by Gasteiger charge is -2.31. The average molecular weight is 326 g/mol. The maximum absolute atomic E-state index is 10.9. The number of carbonyl (C=O) groups excluding carboxylic acids is 1. The molecule has 0 aliphatic carbocycles. The van der Waals surface area contributed by atoms with E-state index in [0.29, 0.717) is 12.3 Å². The molecule has 4 nitrogen and oxygen atoms in total. The van der Waals surface area contributed by atoms with Gasteiger partial charge in [0, 0.05) is 23.1 Å². The summed E-state index contributed by atoms with van der Waals surface area (Å²) < 4.78 is 0.995. The lowest BCUT2D eigenvalue weighted by molar-refractivity contribution is -0.119. The minimum Gasteiger partial charge on any atom is -0.398 e. The van der Waals surface area contributed by atoms with Gasteiger partial charge in [-0.25, -0.2) is 0 Å². The molecule has 0 aromatic heterocycles. The molecule has 1 aliphatic heterocycles. The molecule has 0 unspecified atom stereocenters. The summed E-state index contributed by atoms with van der Waals surface area (Å²) in [4.78, 5) is 13.3. The Morgan fingerprint density at radius 3 is 2.68 bits per heavy atom. The summed E-state index contributed by atoms with van der Waals surface area (Å²) in [7, 11) is 0. The summed E-state index contributed by atoms with van der Waals surface area (Å²) >= 11 is 3.54. The third-order valence-corrected chi connectivity index (χ3v) is 4.67. The van der Waals surface area contributed by atoms with Crippen molar-refractivity contribution in [2.24, 2.45) is 11.7 Å². The smallest absolute Gasteiger partial charge is 0.217 e. The summed E-state index contributed by atoms with van der Waals surface area (Å²) in [5, 5.41) is 0. The van der Waals surface area contributed by atoms with E-state index in [1.807, 2.05) is 12.1 Å². The van der Waals surface area contributed by atoms with Crippen molar-refractivity contribution in [3.8, 4) is 0 Å². The number of primary amides is 1. The van der Waals surface area contributed by atoms with Crippen molar-refractivity contribution in [1.29, 1.82) is 0 Å². The minimum absolute atomic E-state index is 0.183. The highest BCUT2D eigenvalue weighted by molar-refractivity contribution is 9.10. The Kier molecular flexibility index (Phi) is 4.82. The zero-order valence-electron chi connectivity index (χ0n) is 10.9. The third-order valence-electron chi connectivity index (χ3n) is 3.70. The predicted octanol–water partition coefficient (Wildman–Crippen LogP) is 2.12. The van der Waals surface area contributed by atoms with Gasteiger partial charge in [0.25, 0.3) is 0 Å². The van der Waals surface area contributed by atoms with Gasteiger partial charge in [-0.05, 0) is 59.4 Å². The maximum atomic E-state index is 10.9. The van der Waals surface area contributed by atoms with Crippen LogP contribution in [0.3, 0.4) is 0 Å². The number of nitrogens with two attached hydrogens (primary N) is 2. The highest BCUT2D eigenvalue weighted by Crippen LogP contribution is 2.27. The molecule has 1 aromatic rings. The van der Waals surface area contributed by atoms with Crippen LogP contribution in [0.2, 0.25) is 0 Å². The lowest BCUT2D eigenvalue weighted by Crippen LogP contribution is -2.34. The van der Waals surface area contributed by atoms with E-state index in [0.717, 1.165) is 42.6 Å². The molecule has 0 saturated carbocycles. The van der Waals surface area contributed by atoms with Gasteiger partial charge in [0.05, 0.1) is 0 Å². The number of benzene rings is 1. The Morgan fingerprint density at radius 1 is 1.37 bits per heavy atom. The van der Waals surface area contributed by atoms with Gasteiger partial charge in [0.1, 0.15) is 0 Å². The Labute approximate surface area is 122 Å². The van der Waals surface area contributed by atoms with Crippen LogP contribution in [0.15, 0.2) is 22.7 Å². The van der Waals surface area contributed by atoms with Crippen LogP contribution < -0.4 is 11.5 Å². The number of nitrogen functional groups attached to an aromatic ring is 1. The van der Waals surface area contributed by atoms with Crippen LogP contribution in [0, 0.1) is 5.92 Å².